The van der Waals surface area contributed by atoms with E-state index in [1.165, 1.54) is 64.7 Å². The molecule has 1 heterocycles. The van der Waals surface area contributed by atoms with Crippen LogP contribution in [0.3, 0.4) is 0 Å². The Hall–Kier alpha value is -0.120. The molecule has 0 spiro atoms. The third-order valence-electron chi connectivity index (χ3n) is 5.61. The van der Waals surface area contributed by atoms with Crippen LogP contribution in [0.1, 0.15) is 52.4 Å². The molecule has 3 heteroatoms. The Morgan fingerprint density at radius 3 is 2.40 bits per heavy atom. The third kappa shape index (κ3) is 4.44. The Labute approximate surface area is 126 Å². The number of hydrogen-bond acceptors (Lipinski definition) is 3. The molecule has 0 aromatic rings. The Balaban J connectivity index is 1.88. The minimum atomic E-state index is 0.483. The van der Waals surface area contributed by atoms with E-state index in [4.69, 9.17) is 0 Å². The molecular formula is C17H35N3. The molecular weight excluding hydrogens is 246 g/mol. The van der Waals surface area contributed by atoms with Gasteiger partial charge in [-0.25, -0.2) is 0 Å². The lowest BCUT2D eigenvalue weighted by Crippen LogP contribution is -2.50. The van der Waals surface area contributed by atoms with E-state index in [2.05, 4.69) is 43.1 Å². The summed E-state index contributed by atoms with van der Waals surface area (Å²) < 4.78 is 0. The monoisotopic (exact) mass is 281 g/mol. The van der Waals surface area contributed by atoms with Crippen LogP contribution in [0, 0.1) is 5.41 Å². The minimum absolute atomic E-state index is 0.483. The van der Waals surface area contributed by atoms with Crippen molar-refractivity contribution >= 4 is 0 Å². The lowest BCUT2D eigenvalue weighted by molar-refractivity contribution is 0.0777. The lowest BCUT2D eigenvalue weighted by Gasteiger charge is -2.42. The molecule has 20 heavy (non-hydrogen) atoms. The topological polar surface area (TPSA) is 18.5 Å². The van der Waals surface area contributed by atoms with E-state index < -0.39 is 0 Å². The van der Waals surface area contributed by atoms with Crippen molar-refractivity contribution in [1.29, 1.82) is 0 Å². The van der Waals surface area contributed by atoms with Gasteiger partial charge < -0.3 is 15.1 Å². The average molecular weight is 281 g/mol. The molecule has 0 radical (unpaired) electrons. The maximum absolute atomic E-state index is 3.79. The van der Waals surface area contributed by atoms with Crippen molar-refractivity contribution in [3.63, 3.8) is 0 Å². The highest BCUT2D eigenvalue weighted by Gasteiger charge is 2.33. The molecule has 0 aromatic heterocycles. The van der Waals surface area contributed by atoms with Gasteiger partial charge in [-0.2, -0.15) is 0 Å². The summed E-state index contributed by atoms with van der Waals surface area (Å²) in [6.07, 6.45) is 8.13. The van der Waals surface area contributed by atoms with Crippen molar-refractivity contribution in [2.45, 2.75) is 64.5 Å². The van der Waals surface area contributed by atoms with E-state index in [-0.39, 0.29) is 0 Å². The molecule has 0 bridgehead atoms. The summed E-state index contributed by atoms with van der Waals surface area (Å²) in [6.45, 7) is 9.82. The molecule has 1 aliphatic heterocycles. The smallest absolute Gasteiger partial charge is 0.0217 e. The number of hydrogen-bond donors (Lipinski definition) is 1. The largest absolute Gasteiger partial charge is 0.313 e. The summed E-state index contributed by atoms with van der Waals surface area (Å²) >= 11 is 0. The van der Waals surface area contributed by atoms with Crippen LogP contribution >= 0.6 is 0 Å². The van der Waals surface area contributed by atoms with Crippen molar-refractivity contribution in [2.75, 3.05) is 40.3 Å². The summed E-state index contributed by atoms with van der Waals surface area (Å²) in [4.78, 5) is 5.14. The second kappa shape index (κ2) is 7.24. The zero-order chi connectivity index (χ0) is 14.6. The molecule has 1 saturated heterocycles. The maximum atomic E-state index is 3.79. The summed E-state index contributed by atoms with van der Waals surface area (Å²) in [5.41, 5.74) is 0.483. The molecule has 118 valence electrons. The molecule has 1 atom stereocenters. The molecule has 1 aliphatic carbocycles. The molecule has 0 amide bonds. The maximum Gasteiger partial charge on any atom is 0.0217 e. The van der Waals surface area contributed by atoms with Gasteiger partial charge >= 0.3 is 0 Å². The van der Waals surface area contributed by atoms with Crippen molar-refractivity contribution in [3.8, 4) is 0 Å². The second-order valence-electron chi connectivity index (χ2n) is 7.36. The van der Waals surface area contributed by atoms with Crippen LogP contribution in [-0.2, 0) is 0 Å². The summed E-state index contributed by atoms with van der Waals surface area (Å²) in [6, 6.07) is 1.59. The van der Waals surface area contributed by atoms with Crippen LogP contribution in [0.5, 0.6) is 0 Å². The Kier molecular flexibility index (Phi) is 5.88. The quantitative estimate of drug-likeness (QED) is 0.738. The second-order valence-corrected chi connectivity index (χ2v) is 7.36. The fourth-order valence-corrected chi connectivity index (χ4v) is 3.50. The average Bonchev–Trinajstić information content (AvgIpc) is 3.28. The summed E-state index contributed by atoms with van der Waals surface area (Å²) in [5, 5.41) is 3.79. The van der Waals surface area contributed by atoms with Crippen LogP contribution in [0.25, 0.3) is 0 Å². The lowest BCUT2D eigenvalue weighted by atomic mass is 9.81. The SMILES string of the molecule is CCC(CC)(CNC1CC1)CN1CCCC(N(C)C)C1. The van der Waals surface area contributed by atoms with Gasteiger partial charge in [0.15, 0.2) is 0 Å². The molecule has 2 rings (SSSR count). The fraction of sp³-hybridized carbons (Fsp3) is 1.00. The van der Waals surface area contributed by atoms with Crippen LogP contribution in [0.4, 0.5) is 0 Å². The van der Waals surface area contributed by atoms with Gasteiger partial charge in [-0.3, -0.25) is 0 Å². The number of likely N-dealkylation sites (tertiary alicyclic amines) is 1. The van der Waals surface area contributed by atoms with Crippen molar-refractivity contribution in [2.24, 2.45) is 5.41 Å². The number of nitrogens with zero attached hydrogens (tertiary/aromatic N) is 2. The van der Waals surface area contributed by atoms with E-state index in [1.54, 1.807) is 0 Å². The highest BCUT2D eigenvalue weighted by molar-refractivity contribution is 4.90. The first-order valence-electron chi connectivity index (χ1n) is 8.70. The van der Waals surface area contributed by atoms with Gasteiger partial charge in [-0.15, -0.1) is 0 Å². The van der Waals surface area contributed by atoms with Gasteiger partial charge in [0, 0.05) is 31.7 Å². The van der Waals surface area contributed by atoms with Gasteiger partial charge in [0.2, 0.25) is 0 Å². The van der Waals surface area contributed by atoms with E-state index in [0.717, 1.165) is 12.1 Å². The van der Waals surface area contributed by atoms with Gasteiger partial charge in [0.25, 0.3) is 0 Å². The molecule has 2 aliphatic rings. The van der Waals surface area contributed by atoms with Crippen molar-refractivity contribution in [1.82, 2.24) is 15.1 Å². The minimum Gasteiger partial charge on any atom is -0.313 e. The van der Waals surface area contributed by atoms with E-state index >= 15 is 0 Å². The number of rotatable bonds is 8. The molecule has 1 saturated carbocycles. The van der Waals surface area contributed by atoms with Crippen LogP contribution in [0.2, 0.25) is 0 Å². The first-order valence-corrected chi connectivity index (χ1v) is 8.70. The molecule has 2 fully saturated rings. The predicted molar refractivity (Wildman–Crippen MR) is 87.2 cm³/mol. The van der Waals surface area contributed by atoms with Gasteiger partial charge in [-0.05, 0) is 64.6 Å². The fourth-order valence-electron chi connectivity index (χ4n) is 3.50. The summed E-state index contributed by atoms with van der Waals surface area (Å²) in [5.74, 6) is 0. The molecule has 3 nitrogen and oxygen atoms in total. The highest BCUT2D eigenvalue weighted by Crippen LogP contribution is 2.30. The van der Waals surface area contributed by atoms with Crippen LogP contribution in [0.15, 0.2) is 0 Å². The number of piperidine rings is 1. The van der Waals surface area contributed by atoms with E-state index in [0.29, 0.717) is 5.41 Å². The van der Waals surface area contributed by atoms with Crippen LogP contribution in [-0.4, -0.2) is 62.2 Å². The Morgan fingerprint density at radius 1 is 1.15 bits per heavy atom. The highest BCUT2D eigenvalue weighted by atomic mass is 15.2. The van der Waals surface area contributed by atoms with Crippen molar-refractivity contribution in [3.05, 3.63) is 0 Å². The molecule has 1 N–H and O–H groups in total. The Morgan fingerprint density at radius 2 is 1.85 bits per heavy atom. The molecule has 1 unspecified atom stereocenters. The van der Waals surface area contributed by atoms with Gasteiger partial charge in [-0.1, -0.05) is 13.8 Å². The molecule has 0 aromatic carbocycles. The zero-order valence-corrected chi connectivity index (χ0v) is 14.1. The van der Waals surface area contributed by atoms with Crippen LogP contribution < -0.4 is 5.32 Å². The first-order chi connectivity index (χ1) is 9.58. The van der Waals surface area contributed by atoms with E-state index in [1.807, 2.05) is 0 Å². The standard InChI is InChI=1S/C17H35N3/c1-5-17(6-2,13-18-15-9-10-15)14-20-11-7-8-16(12-20)19(3)4/h15-16,18H,5-14H2,1-4H3. The predicted octanol–water partition coefficient (Wildman–Crippen LogP) is 2.57. The summed E-state index contributed by atoms with van der Waals surface area (Å²) in [7, 11) is 4.46. The third-order valence-corrected chi connectivity index (χ3v) is 5.61. The van der Waals surface area contributed by atoms with E-state index in [9.17, 15) is 0 Å². The van der Waals surface area contributed by atoms with Gasteiger partial charge in [0.05, 0.1) is 0 Å². The normalized spacial score (nSPS) is 25.4. The number of likely N-dealkylation sites (N-methyl/N-ethyl adjacent to an activating group) is 1. The first kappa shape index (κ1) is 16.3. The Bertz CT molecular complexity index is 282. The number of nitrogens with one attached hydrogen (secondary N) is 1. The zero-order valence-electron chi connectivity index (χ0n) is 14.1. The van der Waals surface area contributed by atoms with Gasteiger partial charge in [0.1, 0.15) is 0 Å². The van der Waals surface area contributed by atoms with Crippen molar-refractivity contribution < 1.29 is 0 Å².